The van der Waals surface area contributed by atoms with Crippen LogP contribution in [-0.2, 0) is 11.8 Å². The van der Waals surface area contributed by atoms with Crippen LogP contribution in [0.15, 0.2) is 23.1 Å². The molecular formula is C12H17N3O2. The summed E-state index contributed by atoms with van der Waals surface area (Å²) < 4.78 is 1.44. The second-order valence-electron chi connectivity index (χ2n) is 4.49. The number of amides is 1. The fraction of sp³-hybridized carbons (Fsp3) is 0.500. The number of hydrogen-bond donors (Lipinski definition) is 2. The van der Waals surface area contributed by atoms with Crippen molar-refractivity contribution in [1.29, 1.82) is 0 Å². The molecule has 2 rings (SSSR count). The first-order valence-electron chi connectivity index (χ1n) is 5.82. The minimum atomic E-state index is -0.0881. The van der Waals surface area contributed by atoms with Gasteiger partial charge in [-0.05, 0) is 31.4 Å². The minimum Gasteiger partial charge on any atom is -0.324 e. The zero-order chi connectivity index (χ0) is 12.3. The number of hydrogen-bond acceptors (Lipinski definition) is 3. The summed E-state index contributed by atoms with van der Waals surface area (Å²) in [7, 11) is 1.66. The van der Waals surface area contributed by atoms with Crippen LogP contribution in [-0.4, -0.2) is 23.6 Å². The predicted molar refractivity (Wildman–Crippen MR) is 65.9 cm³/mol. The number of anilines is 1. The first kappa shape index (κ1) is 11.9. The second kappa shape index (κ2) is 5.14. The molecule has 1 aromatic rings. The summed E-state index contributed by atoms with van der Waals surface area (Å²) in [5, 5.41) is 5.86. The topological polar surface area (TPSA) is 63.1 Å². The smallest absolute Gasteiger partial charge is 0.250 e. The van der Waals surface area contributed by atoms with Gasteiger partial charge < -0.3 is 15.2 Å². The second-order valence-corrected chi connectivity index (χ2v) is 4.49. The fourth-order valence-corrected chi connectivity index (χ4v) is 1.58. The van der Waals surface area contributed by atoms with E-state index in [1.54, 1.807) is 19.3 Å². The maximum Gasteiger partial charge on any atom is 0.250 e. The molecule has 0 aromatic carbocycles. The molecule has 0 aliphatic heterocycles. The number of carbonyl (C=O) groups is 1. The lowest BCUT2D eigenvalue weighted by Crippen LogP contribution is -2.29. The van der Waals surface area contributed by atoms with E-state index in [-0.39, 0.29) is 11.5 Å². The van der Waals surface area contributed by atoms with Crippen LogP contribution in [0.2, 0.25) is 0 Å². The maximum absolute atomic E-state index is 11.5. The predicted octanol–water partition coefficient (Wildman–Crippen LogP) is 0.323. The number of pyridine rings is 1. The van der Waals surface area contributed by atoms with Crippen LogP contribution in [0.3, 0.4) is 0 Å². The Morgan fingerprint density at radius 1 is 1.47 bits per heavy atom. The van der Waals surface area contributed by atoms with Gasteiger partial charge in [0.05, 0.1) is 12.2 Å². The molecule has 5 heteroatoms. The van der Waals surface area contributed by atoms with Crippen molar-refractivity contribution in [2.24, 2.45) is 13.0 Å². The zero-order valence-corrected chi connectivity index (χ0v) is 9.90. The normalized spacial score (nSPS) is 14.6. The van der Waals surface area contributed by atoms with Crippen molar-refractivity contribution in [2.75, 3.05) is 18.4 Å². The van der Waals surface area contributed by atoms with E-state index in [9.17, 15) is 9.59 Å². The van der Waals surface area contributed by atoms with Crippen molar-refractivity contribution >= 4 is 11.6 Å². The Balaban J connectivity index is 1.79. The van der Waals surface area contributed by atoms with Crippen molar-refractivity contribution in [3.8, 4) is 0 Å². The van der Waals surface area contributed by atoms with E-state index in [0.717, 1.165) is 12.5 Å². The fourth-order valence-electron chi connectivity index (χ4n) is 1.58. The lowest BCUT2D eigenvalue weighted by molar-refractivity contribution is -0.115. The van der Waals surface area contributed by atoms with Crippen molar-refractivity contribution in [3.05, 3.63) is 28.7 Å². The van der Waals surface area contributed by atoms with Crippen LogP contribution in [0, 0.1) is 5.92 Å². The third-order valence-electron chi connectivity index (χ3n) is 2.79. The van der Waals surface area contributed by atoms with Crippen LogP contribution < -0.4 is 16.2 Å². The average Bonchev–Trinajstić information content (AvgIpc) is 3.07. The molecule has 0 saturated heterocycles. The third kappa shape index (κ3) is 3.71. The molecule has 5 nitrogen and oxygen atoms in total. The van der Waals surface area contributed by atoms with E-state index in [4.69, 9.17) is 0 Å². The Bertz CT molecular complexity index is 463. The quantitative estimate of drug-likeness (QED) is 0.772. The van der Waals surface area contributed by atoms with E-state index in [1.807, 2.05) is 0 Å². The number of carbonyl (C=O) groups excluding carboxylic acids is 1. The molecule has 92 valence electrons. The Labute approximate surface area is 99.8 Å². The van der Waals surface area contributed by atoms with E-state index < -0.39 is 0 Å². The molecule has 1 amide bonds. The molecule has 1 aliphatic carbocycles. The van der Waals surface area contributed by atoms with Gasteiger partial charge in [-0.1, -0.05) is 0 Å². The molecule has 0 spiro atoms. The molecule has 1 heterocycles. The number of nitrogens with zero attached hydrogens (tertiary/aromatic N) is 1. The zero-order valence-electron chi connectivity index (χ0n) is 9.90. The van der Waals surface area contributed by atoms with Gasteiger partial charge in [-0.2, -0.15) is 0 Å². The first-order valence-corrected chi connectivity index (χ1v) is 5.82. The summed E-state index contributed by atoms with van der Waals surface area (Å²) >= 11 is 0. The molecule has 0 radical (unpaired) electrons. The molecular weight excluding hydrogens is 218 g/mol. The standard InChI is InChI=1S/C12H17N3O2/c1-15-8-10(4-5-12(15)17)14-11(16)7-13-6-9-2-3-9/h4-5,8-9,13H,2-3,6-7H2,1H3,(H,14,16). The number of nitrogens with one attached hydrogen (secondary N) is 2. The van der Waals surface area contributed by atoms with Gasteiger partial charge in [-0.25, -0.2) is 0 Å². The molecule has 1 aromatic heterocycles. The van der Waals surface area contributed by atoms with Gasteiger partial charge in [0.1, 0.15) is 0 Å². The summed E-state index contributed by atoms with van der Waals surface area (Å²) in [5.74, 6) is 0.685. The van der Waals surface area contributed by atoms with Crippen LogP contribution in [0.1, 0.15) is 12.8 Å². The highest BCUT2D eigenvalue weighted by molar-refractivity contribution is 5.92. The van der Waals surface area contributed by atoms with Crippen LogP contribution in [0.5, 0.6) is 0 Å². The van der Waals surface area contributed by atoms with E-state index in [2.05, 4.69) is 10.6 Å². The minimum absolute atomic E-state index is 0.0794. The summed E-state index contributed by atoms with van der Waals surface area (Å²) in [6.45, 7) is 1.24. The van der Waals surface area contributed by atoms with Crippen LogP contribution in [0.25, 0.3) is 0 Å². The monoisotopic (exact) mass is 235 g/mol. The summed E-state index contributed by atoms with van der Waals surface area (Å²) in [5.41, 5.74) is 0.556. The average molecular weight is 235 g/mol. The molecule has 0 unspecified atom stereocenters. The van der Waals surface area contributed by atoms with Crippen molar-refractivity contribution < 1.29 is 4.79 Å². The molecule has 1 fully saturated rings. The Morgan fingerprint density at radius 3 is 2.88 bits per heavy atom. The van der Waals surface area contributed by atoms with Crippen molar-refractivity contribution in [2.45, 2.75) is 12.8 Å². The van der Waals surface area contributed by atoms with Gasteiger partial charge in [0.2, 0.25) is 11.5 Å². The molecule has 1 aliphatic rings. The van der Waals surface area contributed by atoms with Gasteiger partial charge in [0.25, 0.3) is 0 Å². The summed E-state index contributed by atoms with van der Waals surface area (Å²) in [4.78, 5) is 22.7. The molecule has 17 heavy (non-hydrogen) atoms. The maximum atomic E-state index is 11.5. The lowest BCUT2D eigenvalue weighted by atomic mass is 10.4. The number of aromatic nitrogens is 1. The van der Waals surface area contributed by atoms with Gasteiger partial charge in [-0.15, -0.1) is 0 Å². The largest absolute Gasteiger partial charge is 0.324 e. The van der Waals surface area contributed by atoms with Crippen LogP contribution in [0.4, 0.5) is 5.69 Å². The van der Waals surface area contributed by atoms with Gasteiger partial charge in [0, 0.05) is 19.3 Å². The number of rotatable bonds is 5. The Kier molecular flexibility index (Phi) is 3.58. The van der Waals surface area contributed by atoms with Gasteiger partial charge in [-0.3, -0.25) is 9.59 Å². The van der Waals surface area contributed by atoms with E-state index in [1.165, 1.54) is 23.5 Å². The molecule has 2 N–H and O–H groups in total. The van der Waals surface area contributed by atoms with Crippen LogP contribution >= 0.6 is 0 Å². The van der Waals surface area contributed by atoms with Crippen molar-refractivity contribution in [1.82, 2.24) is 9.88 Å². The Morgan fingerprint density at radius 2 is 2.24 bits per heavy atom. The lowest BCUT2D eigenvalue weighted by Gasteiger charge is -2.07. The third-order valence-corrected chi connectivity index (χ3v) is 2.79. The van der Waals surface area contributed by atoms with E-state index >= 15 is 0 Å². The van der Waals surface area contributed by atoms with E-state index in [0.29, 0.717) is 12.2 Å². The Hall–Kier alpha value is -1.62. The first-order chi connectivity index (χ1) is 8.15. The molecule has 1 saturated carbocycles. The molecule has 0 bridgehead atoms. The summed E-state index contributed by atoms with van der Waals surface area (Å²) in [6, 6.07) is 3.05. The number of aryl methyl sites for hydroxylation is 1. The van der Waals surface area contributed by atoms with Crippen molar-refractivity contribution in [3.63, 3.8) is 0 Å². The highest BCUT2D eigenvalue weighted by Gasteiger charge is 2.20. The van der Waals surface area contributed by atoms with Gasteiger partial charge in [0.15, 0.2) is 0 Å². The summed E-state index contributed by atoms with van der Waals surface area (Å²) in [6.07, 6.45) is 4.16. The highest BCUT2D eigenvalue weighted by atomic mass is 16.2. The molecule has 0 atom stereocenters. The SMILES string of the molecule is Cn1cc(NC(=O)CNCC2CC2)ccc1=O. The highest BCUT2D eigenvalue weighted by Crippen LogP contribution is 2.27. The van der Waals surface area contributed by atoms with Gasteiger partial charge >= 0.3 is 0 Å².